The average Bonchev–Trinajstić information content (AvgIpc) is 2.62. The van der Waals surface area contributed by atoms with Gasteiger partial charge in [-0.2, -0.15) is 0 Å². The van der Waals surface area contributed by atoms with E-state index in [1.807, 2.05) is 44.2 Å². The number of hydrogen-bond donors (Lipinski definition) is 1. The molecule has 3 rings (SSSR count). The highest BCUT2D eigenvalue weighted by Gasteiger charge is 2.16. The number of sulfonamides is 1. The molecule has 1 N–H and O–H groups in total. The molecule has 7 heteroatoms. The fourth-order valence-electron chi connectivity index (χ4n) is 3.08. The van der Waals surface area contributed by atoms with Crippen LogP contribution in [0.3, 0.4) is 0 Å². The topological polar surface area (TPSA) is 75.2 Å². The Morgan fingerprint density at radius 2 is 1.73 bits per heavy atom. The Balaban J connectivity index is 1.66. The Labute approximate surface area is 155 Å². The first-order valence-electron chi connectivity index (χ1n) is 9.04. The van der Waals surface area contributed by atoms with E-state index in [2.05, 4.69) is 19.6 Å². The number of nitrogens with one attached hydrogen (secondary N) is 1. The van der Waals surface area contributed by atoms with Crippen LogP contribution in [0.5, 0.6) is 0 Å². The summed E-state index contributed by atoms with van der Waals surface area (Å²) in [5.41, 5.74) is 3.44. The Hall–Kier alpha value is -1.99. The maximum atomic E-state index is 12.4. The number of nitrogens with zero attached hydrogens (tertiary/aromatic N) is 3. The van der Waals surface area contributed by atoms with Crippen molar-refractivity contribution < 1.29 is 8.42 Å². The van der Waals surface area contributed by atoms with Crippen molar-refractivity contribution in [1.29, 1.82) is 0 Å². The number of aromatic nitrogens is 2. The van der Waals surface area contributed by atoms with Gasteiger partial charge >= 0.3 is 0 Å². The van der Waals surface area contributed by atoms with Gasteiger partial charge in [0.15, 0.2) is 0 Å². The lowest BCUT2D eigenvalue weighted by Crippen LogP contribution is -2.32. The van der Waals surface area contributed by atoms with Crippen LogP contribution in [0.4, 0.5) is 5.95 Å². The molecule has 2 aromatic rings. The number of benzene rings is 1. The van der Waals surface area contributed by atoms with E-state index in [-0.39, 0.29) is 12.3 Å². The number of rotatable bonds is 6. The van der Waals surface area contributed by atoms with Crippen molar-refractivity contribution in [3.63, 3.8) is 0 Å². The summed E-state index contributed by atoms with van der Waals surface area (Å²) in [6, 6.07) is 9.37. The van der Waals surface area contributed by atoms with Crippen LogP contribution in [0.15, 0.2) is 30.3 Å². The Morgan fingerprint density at radius 3 is 2.42 bits per heavy atom. The summed E-state index contributed by atoms with van der Waals surface area (Å²) in [4.78, 5) is 11.3. The summed E-state index contributed by atoms with van der Waals surface area (Å²) in [7, 11) is -3.42. The van der Waals surface area contributed by atoms with Gasteiger partial charge in [-0.25, -0.2) is 23.1 Å². The van der Waals surface area contributed by atoms with Crippen molar-refractivity contribution in [3.8, 4) is 0 Å². The van der Waals surface area contributed by atoms with Crippen LogP contribution in [0.2, 0.25) is 0 Å². The molecule has 1 aromatic heterocycles. The molecule has 0 radical (unpaired) electrons. The van der Waals surface area contributed by atoms with Gasteiger partial charge in [0.2, 0.25) is 16.0 Å². The minimum Gasteiger partial charge on any atom is -0.341 e. The summed E-state index contributed by atoms with van der Waals surface area (Å²) in [6.45, 7) is 6.00. The van der Waals surface area contributed by atoms with Gasteiger partial charge in [0.1, 0.15) is 0 Å². The van der Waals surface area contributed by atoms with Gasteiger partial charge in [-0.1, -0.05) is 29.8 Å². The van der Waals surface area contributed by atoms with E-state index in [4.69, 9.17) is 0 Å². The number of aryl methyl sites for hydroxylation is 2. The van der Waals surface area contributed by atoms with Crippen LogP contribution < -0.4 is 9.62 Å². The Kier molecular flexibility index (Phi) is 5.88. The second-order valence-corrected chi connectivity index (χ2v) is 8.72. The number of hydrogen-bond acceptors (Lipinski definition) is 5. The Morgan fingerprint density at radius 1 is 1.04 bits per heavy atom. The van der Waals surface area contributed by atoms with Gasteiger partial charge in [-0.15, -0.1) is 0 Å². The van der Waals surface area contributed by atoms with Crippen molar-refractivity contribution in [1.82, 2.24) is 14.7 Å². The third-order valence-corrected chi connectivity index (χ3v) is 5.78. The molecule has 140 valence electrons. The number of anilines is 1. The van der Waals surface area contributed by atoms with Gasteiger partial charge in [0.25, 0.3) is 0 Å². The van der Waals surface area contributed by atoms with E-state index in [1.165, 1.54) is 6.42 Å². The summed E-state index contributed by atoms with van der Waals surface area (Å²) in [5, 5.41) is 0. The van der Waals surface area contributed by atoms with Gasteiger partial charge in [-0.05, 0) is 44.7 Å². The Bertz CT molecular complexity index is 844. The van der Waals surface area contributed by atoms with Gasteiger partial charge in [0, 0.05) is 18.8 Å². The van der Waals surface area contributed by atoms with Crippen molar-refractivity contribution in [3.05, 3.63) is 52.8 Å². The summed E-state index contributed by atoms with van der Waals surface area (Å²) in [5.74, 6) is 0.675. The standard InChI is InChI=1S/C19H26N4O2S/c1-15-6-8-17(9-7-15)14-26(24,25)20-13-18-12-16(2)21-19(22-18)23-10-4-3-5-11-23/h6-9,12,20H,3-5,10-11,13-14H2,1-2H3. The molecule has 0 spiro atoms. The van der Waals surface area contributed by atoms with Gasteiger partial charge < -0.3 is 4.90 Å². The number of piperidine rings is 1. The van der Waals surface area contributed by atoms with Crippen LogP contribution in [-0.4, -0.2) is 31.5 Å². The molecule has 0 unspecified atom stereocenters. The molecule has 1 saturated heterocycles. The molecule has 1 aromatic carbocycles. The van der Waals surface area contributed by atoms with Crippen LogP contribution in [0.1, 0.15) is 41.8 Å². The van der Waals surface area contributed by atoms with Crippen molar-refractivity contribution in [2.75, 3.05) is 18.0 Å². The third kappa shape index (κ3) is 5.25. The monoisotopic (exact) mass is 374 g/mol. The second kappa shape index (κ2) is 8.14. The first kappa shape index (κ1) is 18.8. The van der Waals surface area contributed by atoms with Crippen molar-refractivity contribution in [2.45, 2.75) is 45.4 Å². The zero-order valence-electron chi connectivity index (χ0n) is 15.4. The lowest BCUT2D eigenvalue weighted by Gasteiger charge is -2.27. The molecule has 0 amide bonds. The quantitative estimate of drug-likeness (QED) is 0.841. The largest absolute Gasteiger partial charge is 0.341 e. The average molecular weight is 375 g/mol. The molecule has 1 fully saturated rings. The molecule has 0 bridgehead atoms. The molecular formula is C19H26N4O2S. The first-order valence-corrected chi connectivity index (χ1v) is 10.7. The molecular weight excluding hydrogens is 348 g/mol. The van der Waals surface area contributed by atoms with Gasteiger partial charge in [0.05, 0.1) is 18.0 Å². The predicted octanol–water partition coefficient (Wildman–Crippen LogP) is 2.70. The molecule has 0 atom stereocenters. The molecule has 0 saturated carbocycles. The first-order chi connectivity index (χ1) is 12.4. The SMILES string of the molecule is Cc1ccc(CS(=O)(=O)NCc2cc(C)nc(N3CCCCC3)n2)cc1. The van der Waals surface area contributed by atoms with Crippen molar-refractivity contribution in [2.24, 2.45) is 0 Å². The lowest BCUT2D eigenvalue weighted by molar-refractivity contribution is 0.565. The van der Waals surface area contributed by atoms with Crippen LogP contribution >= 0.6 is 0 Å². The summed E-state index contributed by atoms with van der Waals surface area (Å²) >= 11 is 0. The highest BCUT2D eigenvalue weighted by Crippen LogP contribution is 2.17. The zero-order chi connectivity index (χ0) is 18.6. The second-order valence-electron chi connectivity index (χ2n) is 6.91. The van der Waals surface area contributed by atoms with Gasteiger partial charge in [-0.3, -0.25) is 0 Å². The fourth-order valence-corrected chi connectivity index (χ4v) is 4.18. The zero-order valence-corrected chi connectivity index (χ0v) is 16.2. The highest BCUT2D eigenvalue weighted by molar-refractivity contribution is 7.88. The molecule has 1 aliphatic heterocycles. The highest BCUT2D eigenvalue weighted by atomic mass is 32.2. The minimum absolute atomic E-state index is 0.0314. The van der Waals surface area contributed by atoms with Crippen LogP contribution in [0.25, 0.3) is 0 Å². The maximum absolute atomic E-state index is 12.4. The molecule has 26 heavy (non-hydrogen) atoms. The molecule has 1 aliphatic rings. The smallest absolute Gasteiger partial charge is 0.225 e. The molecule has 6 nitrogen and oxygen atoms in total. The van der Waals surface area contributed by atoms with Crippen molar-refractivity contribution >= 4 is 16.0 Å². The maximum Gasteiger partial charge on any atom is 0.225 e. The summed E-state index contributed by atoms with van der Waals surface area (Å²) in [6.07, 6.45) is 3.54. The van der Waals surface area contributed by atoms with E-state index >= 15 is 0 Å². The van der Waals surface area contributed by atoms with E-state index in [0.717, 1.165) is 42.8 Å². The van der Waals surface area contributed by atoms with Crippen LogP contribution in [-0.2, 0) is 22.3 Å². The van der Waals surface area contributed by atoms with E-state index in [1.54, 1.807) is 0 Å². The summed E-state index contributed by atoms with van der Waals surface area (Å²) < 4.78 is 27.4. The lowest BCUT2D eigenvalue weighted by atomic mass is 10.1. The fraction of sp³-hybridized carbons (Fsp3) is 0.474. The normalized spacial score (nSPS) is 15.2. The molecule has 0 aliphatic carbocycles. The predicted molar refractivity (Wildman–Crippen MR) is 103 cm³/mol. The van der Waals surface area contributed by atoms with Crippen LogP contribution in [0, 0.1) is 13.8 Å². The van der Waals surface area contributed by atoms with E-state index in [0.29, 0.717) is 11.6 Å². The van der Waals surface area contributed by atoms with E-state index in [9.17, 15) is 8.42 Å². The third-order valence-electron chi connectivity index (χ3n) is 4.48. The van der Waals surface area contributed by atoms with E-state index < -0.39 is 10.0 Å². The minimum atomic E-state index is -3.42. The molecule has 2 heterocycles.